The lowest BCUT2D eigenvalue weighted by molar-refractivity contribution is -0.113. The highest BCUT2D eigenvalue weighted by Gasteiger charge is 2.13. The lowest BCUT2D eigenvalue weighted by Gasteiger charge is -2.09. The molecular formula is C19H13ClN4OS2. The molecule has 0 bridgehead atoms. The van der Waals surface area contributed by atoms with Crippen molar-refractivity contribution in [2.45, 2.75) is 5.03 Å². The average molecular weight is 413 g/mol. The average Bonchev–Trinajstić information content (AvgIpc) is 3.22. The minimum atomic E-state index is -0.171. The van der Waals surface area contributed by atoms with Crippen molar-refractivity contribution in [3.05, 3.63) is 65.3 Å². The first kappa shape index (κ1) is 17.9. The number of aromatic nitrogens is 3. The van der Waals surface area contributed by atoms with Gasteiger partial charge >= 0.3 is 0 Å². The smallest absolute Gasteiger partial charge is 0.234 e. The van der Waals surface area contributed by atoms with Crippen LogP contribution in [0.1, 0.15) is 0 Å². The van der Waals surface area contributed by atoms with Crippen LogP contribution in [0.5, 0.6) is 0 Å². The number of nitrogens with zero attached hydrogens (tertiary/aromatic N) is 3. The molecule has 0 unspecified atom stereocenters. The highest BCUT2D eigenvalue weighted by molar-refractivity contribution is 8.00. The Kier molecular flexibility index (Phi) is 5.33. The molecule has 27 heavy (non-hydrogen) atoms. The Morgan fingerprint density at radius 3 is 2.81 bits per heavy atom. The third-order valence-corrected chi connectivity index (χ3v) is 5.84. The molecule has 8 heteroatoms. The first-order valence-corrected chi connectivity index (χ1v) is 10.3. The normalized spacial score (nSPS) is 10.9. The number of thioether (sulfide) groups is 1. The van der Waals surface area contributed by atoms with Crippen LogP contribution in [0.25, 0.3) is 21.6 Å². The fraction of sp³-hybridized carbons (Fsp3) is 0.0526. The minimum Gasteiger partial charge on any atom is -0.323 e. The molecule has 0 spiro atoms. The number of pyridine rings is 1. The fourth-order valence-electron chi connectivity index (χ4n) is 2.47. The summed E-state index contributed by atoms with van der Waals surface area (Å²) in [6, 6.07) is 15.2. The third kappa shape index (κ3) is 4.10. The zero-order valence-corrected chi connectivity index (χ0v) is 16.3. The van der Waals surface area contributed by atoms with Crippen molar-refractivity contribution in [2.75, 3.05) is 11.1 Å². The molecule has 0 atom stereocenters. The molecule has 0 aliphatic heterocycles. The predicted molar refractivity (Wildman–Crippen MR) is 111 cm³/mol. The monoisotopic (exact) mass is 412 g/mol. The molecule has 4 aromatic rings. The number of nitrogens with one attached hydrogen (secondary N) is 1. The number of hydrogen-bond acceptors (Lipinski definition) is 6. The van der Waals surface area contributed by atoms with E-state index >= 15 is 0 Å². The zero-order valence-electron chi connectivity index (χ0n) is 13.9. The lowest BCUT2D eigenvalue weighted by atomic mass is 10.2. The summed E-state index contributed by atoms with van der Waals surface area (Å²) >= 11 is 8.95. The van der Waals surface area contributed by atoms with Crippen molar-refractivity contribution in [1.29, 1.82) is 0 Å². The summed E-state index contributed by atoms with van der Waals surface area (Å²) in [6.07, 6.45) is 1.58. The molecule has 134 valence electrons. The van der Waals surface area contributed by atoms with Gasteiger partial charge in [0.25, 0.3) is 0 Å². The second-order valence-electron chi connectivity index (χ2n) is 5.53. The molecule has 0 aliphatic carbocycles. The molecule has 0 saturated carbocycles. The second kappa shape index (κ2) is 8.04. The van der Waals surface area contributed by atoms with Gasteiger partial charge < -0.3 is 5.32 Å². The lowest BCUT2D eigenvalue weighted by Crippen LogP contribution is -2.14. The molecule has 4 rings (SSSR count). The summed E-state index contributed by atoms with van der Waals surface area (Å²) in [5, 5.41) is 6.73. The van der Waals surface area contributed by atoms with Crippen molar-refractivity contribution in [3.63, 3.8) is 0 Å². The van der Waals surface area contributed by atoms with E-state index in [1.807, 2.05) is 41.8 Å². The highest BCUT2D eigenvalue weighted by atomic mass is 35.5. The fourth-order valence-corrected chi connectivity index (χ4v) is 4.12. The molecular weight excluding hydrogens is 400 g/mol. The number of benzene rings is 1. The number of carbonyl (C=O) groups excluding carboxylic acids is 1. The molecule has 5 nitrogen and oxygen atoms in total. The maximum absolute atomic E-state index is 12.3. The van der Waals surface area contributed by atoms with Crippen LogP contribution in [0.3, 0.4) is 0 Å². The Balaban J connectivity index is 1.58. The number of fused-ring (bicyclic) bond motifs is 1. The molecule has 3 heterocycles. The van der Waals surface area contributed by atoms with Crippen molar-refractivity contribution >= 4 is 57.2 Å². The Bertz CT molecular complexity index is 1100. The first-order chi connectivity index (χ1) is 13.2. The minimum absolute atomic E-state index is 0.171. The van der Waals surface area contributed by atoms with E-state index in [0.29, 0.717) is 11.5 Å². The van der Waals surface area contributed by atoms with Gasteiger partial charge in [-0.05, 0) is 29.6 Å². The van der Waals surface area contributed by atoms with Gasteiger partial charge in [0.05, 0.1) is 21.8 Å². The summed E-state index contributed by atoms with van der Waals surface area (Å²) in [5.41, 5.74) is 1.35. The van der Waals surface area contributed by atoms with Crippen LogP contribution in [-0.2, 0) is 4.79 Å². The Labute approximate surface area is 168 Å². The van der Waals surface area contributed by atoms with E-state index in [-0.39, 0.29) is 16.8 Å². The van der Waals surface area contributed by atoms with Gasteiger partial charge in [-0.25, -0.2) is 15.0 Å². The van der Waals surface area contributed by atoms with Crippen LogP contribution in [0, 0.1) is 0 Å². The summed E-state index contributed by atoms with van der Waals surface area (Å²) in [7, 11) is 0. The largest absolute Gasteiger partial charge is 0.323 e. The molecule has 0 radical (unpaired) electrons. The van der Waals surface area contributed by atoms with Gasteiger partial charge in [-0.15, -0.1) is 11.3 Å². The summed E-state index contributed by atoms with van der Waals surface area (Å²) in [4.78, 5) is 26.6. The van der Waals surface area contributed by atoms with Crippen LogP contribution < -0.4 is 5.32 Å². The van der Waals surface area contributed by atoms with Gasteiger partial charge in [0.15, 0.2) is 11.0 Å². The first-order valence-electron chi connectivity index (χ1n) is 8.04. The summed E-state index contributed by atoms with van der Waals surface area (Å²) in [5.74, 6) is 0.702. The van der Waals surface area contributed by atoms with Gasteiger partial charge in [0, 0.05) is 11.6 Å². The number of hydrogen-bond donors (Lipinski definition) is 1. The number of thiophene rings is 1. The topological polar surface area (TPSA) is 67.8 Å². The zero-order chi connectivity index (χ0) is 18.6. The van der Waals surface area contributed by atoms with Crippen molar-refractivity contribution in [3.8, 4) is 10.7 Å². The van der Waals surface area contributed by atoms with E-state index < -0.39 is 0 Å². The molecule has 3 aromatic heterocycles. The van der Waals surface area contributed by atoms with Crippen LogP contribution in [0.2, 0.25) is 5.15 Å². The van der Waals surface area contributed by atoms with Crippen LogP contribution in [0.4, 0.5) is 5.69 Å². The van der Waals surface area contributed by atoms with E-state index in [0.717, 1.165) is 20.8 Å². The highest BCUT2D eigenvalue weighted by Crippen LogP contribution is 2.30. The maximum Gasteiger partial charge on any atom is 0.234 e. The maximum atomic E-state index is 12.3. The van der Waals surface area contributed by atoms with E-state index in [9.17, 15) is 4.79 Å². The summed E-state index contributed by atoms with van der Waals surface area (Å²) < 4.78 is 0. The van der Waals surface area contributed by atoms with Gasteiger partial charge in [-0.2, -0.15) is 0 Å². The summed E-state index contributed by atoms with van der Waals surface area (Å²) in [6.45, 7) is 0. The number of rotatable bonds is 5. The van der Waals surface area contributed by atoms with Crippen LogP contribution in [0.15, 0.2) is 65.1 Å². The number of anilines is 1. The van der Waals surface area contributed by atoms with E-state index in [1.54, 1.807) is 29.7 Å². The second-order valence-corrected chi connectivity index (χ2v) is 7.80. The van der Waals surface area contributed by atoms with E-state index in [2.05, 4.69) is 20.3 Å². The Morgan fingerprint density at radius 1 is 1.11 bits per heavy atom. The standard InChI is InChI=1S/C19H13ClN4OS2/c20-17-14(7-3-9-21-17)22-16(25)11-27-19-12-5-1-2-6-13(12)23-18(24-19)15-8-4-10-26-15/h1-10H,11H2,(H,22,25). The van der Waals surface area contributed by atoms with Crippen LogP contribution >= 0.6 is 34.7 Å². The third-order valence-electron chi connectivity index (χ3n) is 3.68. The van der Waals surface area contributed by atoms with Gasteiger partial charge in [0.1, 0.15) is 5.03 Å². The number of para-hydroxylation sites is 1. The van der Waals surface area contributed by atoms with E-state index in [4.69, 9.17) is 11.6 Å². The van der Waals surface area contributed by atoms with Crippen molar-refractivity contribution < 1.29 is 4.79 Å². The van der Waals surface area contributed by atoms with Gasteiger partial charge in [0.2, 0.25) is 5.91 Å². The van der Waals surface area contributed by atoms with Crippen LogP contribution in [-0.4, -0.2) is 26.6 Å². The quantitative estimate of drug-likeness (QED) is 0.279. The Morgan fingerprint density at radius 2 is 2.00 bits per heavy atom. The van der Waals surface area contributed by atoms with Crippen molar-refractivity contribution in [1.82, 2.24) is 15.0 Å². The SMILES string of the molecule is O=C(CSc1nc(-c2cccs2)nc2ccccc12)Nc1cccnc1Cl. The van der Waals surface area contributed by atoms with Gasteiger partial charge in [-0.3, -0.25) is 4.79 Å². The molecule has 1 N–H and O–H groups in total. The Hall–Kier alpha value is -2.48. The molecule has 0 fully saturated rings. The number of amides is 1. The number of halogens is 1. The van der Waals surface area contributed by atoms with Gasteiger partial charge in [-0.1, -0.05) is 47.6 Å². The molecule has 1 aromatic carbocycles. The number of carbonyl (C=O) groups is 1. The molecule has 0 aliphatic rings. The predicted octanol–water partition coefficient (Wildman–Crippen LogP) is 5.14. The molecule has 1 amide bonds. The molecule has 0 saturated heterocycles. The van der Waals surface area contributed by atoms with E-state index in [1.165, 1.54) is 11.8 Å². The van der Waals surface area contributed by atoms with Crippen molar-refractivity contribution in [2.24, 2.45) is 0 Å².